The molecule has 0 amide bonds. The highest BCUT2D eigenvalue weighted by atomic mass is 16.6. The molecule has 0 heterocycles. The van der Waals surface area contributed by atoms with Gasteiger partial charge in [0.05, 0.1) is 6.61 Å². The van der Waals surface area contributed by atoms with Crippen LogP contribution in [0.1, 0.15) is 40.0 Å². The molecule has 0 aromatic heterocycles. The molecule has 118 valence electrons. The van der Waals surface area contributed by atoms with Gasteiger partial charge in [0, 0.05) is 17.3 Å². The van der Waals surface area contributed by atoms with Crippen LogP contribution >= 0.6 is 0 Å². The van der Waals surface area contributed by atoms with Crippen LogP contribution in [0, 0.1) is 27.4 Å². The van der Waals surface area contributed by atoms with Crippen LogP contribution in [0.25, 0.3) is 0 Å². The van der Waals surface area contributed by atoms with E-state index in [1.54, 1.807) is 13.8 Å². The molecule has 3 atom stereocenters. The first-order valence-electron chi connectivity index (χ1n) is 7.29. The first kappa shape index (κ1) is 15.9. The number of nitrogens with zero attached hydrogens (tertiary/aromatic N) is 1. The fraction of sp³-hybridized carbons (Fsp3) is 0.800. The third-order valence-electron chi connectivity index (χ3n) is 4.67. The Morgan fingerprint density at radius 2 is 2.29 bits per heavy atom. The molecule has 2 aliphatic rings. The quantitative estimate of drug-likeness (QED) is 0.350. The van der Waals surface area contributed by atoms with Gasteiger partial charge < -0.3 is 9.84 Å². The number of nitro groups is 1. The van der Waals surface area contributed by atoms with Crippen molar-refractivity contribution in [2.75, 3.05) is 13.2 Å². The Labute approximate surface area is 124 Å². The minimum atomic E-state index is -0.720. The molecular weight excluding hydrogens is 274 g/mol. The van der Waals surface area contributed by atoms with Crippen LogP contribution in [-0.4, -0.2) is 34.8 Å². The maximum atomic E-state index is 11.2. The molecule has 1 N–H and O–H groups in total. The van der Waals surface area contributed by atoms with Gasteiger partial charge in [0.25, 0.3) is 0 Å². The Morgan fingerprint density at radius 1 is 1.62 bits per heavy atom. The Bertz CT molecular complexity index is 484. The van der Waals surface area contributed by atoms with Crippen molar-refractivity contribution < 1.29 is 19.6 Å². The lowest BCUT2D eigenvalue weighted by atomic mass is 9.52. The van der Waals surface area contributed by atoms with Gasteiger partial charge in [0.2, 0.25) is 6.54 Å². The summed E-state index contributed by atoms with van der Waals surface area (Å²) >= 11 is 0. The van der Waals surface area contributed by atoms with E-state index in [1.807, 2.05) is 6.08 Å². The van der Waals surface area contributed by atoms with E-state index >= 15 is 0 Å². The first-order chi connectivity index (χ1) is 9.67. The maximum Gasteiger partial charge on any atom is 0.303 e. The van der Waals surface area contributed by atoms with Crippen molar-refractivity contribution in [3.05, 3.63) is 21.8 Å². The number of aliphatic hydroxyl groups excluding tert-OH is 1. The number of aliphatic hydroxyl groups is 1. The molecule has 1 fully saturated rings. The summed E-state index contributed by atoms with van der Waals surface area (Å²) in [6.07, 6.45) is 4.05. The van der Waals surface area contributed by atoms with E-state index in [0.717, 1.165) is 18.4 Å². The molecule has 0 aromatic rings. The van der Waals surface area contributed by atoms with Crippen molar-refractivity contribution in [2.45, 2.75) is 45.6 Å². The van der Waals surface area contributed by atoms with Crippen molar-refractivity contribution in [3.8, 4) is 0 Å². The lowest BCUT2D eigenvalue weighted by Gasteiger charge is -2.52. The van der Waals surface area contributed by atoms with Gasteiger partial charge in [-0.15, -0.1) is 0 Å². The molecule has 1 saturated carbocycles. The molecule has 2 aliphatic carbocycles. The van der Waals surface area contributed by atoms with Gasteiger partial charge in [0.15, 0.2) is 0 Å². The molecule has 0 spiro atoms. The van der Waals surface area contributed by atoms with Crippen LogP contribution in [0.5, 0.6) is 0 Å². The number of ether oxygens (including phenoxy) is 1. The van der Waals surface area contributed by atoms with Crippen molar-refractivity contribution >= 4 is 5.97 Å². The van der Waals surface area contributed by atoms with Crippen LogP contribution < -0.4 is 0 Å². The summed E-state index contributed by atoms with van der Waals surface area (Å²) in [5.41, 5.74) is -0.215. The topological polar surface area (TPSA) is 89.7 Å². The van der Waals surface area contributed by atoms with Crippen LogP contribution in [0.2, 0.25) is 0 Å². The second-order valence-electron chi connectivity index (χ2n) is 7.06. The third kappa shape index (κ3) is 3.26. The predicted molar refractivity (Wildman–Crippen MR) is 76.1 cm³/mol. The highest BCUT2D eigenvalue weighted by Crippen LogP contribution is 2.61. The first-order valence-corrected chi connectivity index (χ1v) is 7.29. The summed E-state index contributed by atoms with van der Waals surface area (Å²) < 4.78 is 5.32. The van der Waals surface area contributed by atoms with E-state index in [2.05, 4.69) is 0 Å². The van der Waals surface area contributed by atoms with E-state index in [4.69, 9.17) is 4.74 Å². The Morgan fingerprint density at radius 3 is 2.81 bits per heavy atom. The van der Waals surface area contributed by atoms with E-state index in [1.165, 1.54) is 6.92 Å². The Balaban J connectivity index is 2.18. The lowest BCUT2D eigenvalue weighted by molar-refractivity contribution is -0.507. The zero-order chi connectivity index (χ0) is 15.8. The summed E-state index contributed by atoms with van der Waals surface area (Å²) in [6.45, 7) is 4.86. The van der Waals surface area contributed by atoms with Crippen molar-refractivity contribution in [1.29, 1.82) is 0 Å². The standard InChI is InChI=1S/C15H23NO5/c1-10(18)21-14(2,3)8-15(9-16(19)20)6-12-4-11(7-17)5-13(12)15/h5,12-13,17H,4,6-9H2,1-3H3/t12-,13-,15-/m0/s1. The van der Waals surface area contributed by atoms with Gasteiger partial charge in [-0.2, -0.15) is 0 Å². The van der Waals surface area contributed by atoms with Gasteiger partial charge in [-0.25, -0.2) is 0 Å². The number of carbonyl (C=O) groups is 1. The van der Waals surface area contributed by atoms with Crippen molar-refractivity contribution in [1.82, 2.24) is 0 Å². The molecule has 0 unspecified atom stereocenters. The van der Waals surface area contributed by atoms with Gasteiger partial charge >= 0.3 is 5.97 Å². The van der Waals surface area contributed by atoms with Crippen LogP contribution in [0.3, 0.4) is 0 Å². The number of allylic oxidation sites excluding steroid dienone is 1. The summed E-state index contributed by atoms with van der Waals surface area (Å²) in [6, 6.07) is 0. The summed E-state index contributed by atoms with van der Waals surface area (Å²) in [4.78, 5) is 22.0. The predicted octanol–water partition coefficient (Wildman–Crippen LogP) is 1.94. The van der Waals surface area contributed by atoms with E-state index in [9.17, 15) is 20.0 Å². The normalized spacial score (nSPS) is 31.1. The maximum absolute atomic E-state index is 11.2. The molecule has 0 aliphatic heterocycles. The zero-order valence-corrected chi connectivity index (χ0v) is 12.8. The largest absolute Gasteiger partial charge is 0.460 e. The van der Waals surface area contributed by atoms with Gasteiger partial charge in [-0.3, -0.25) is 14.9 Å². The minimum absolute atomic E-state index is 0.0227. The highest BCUT2D eigenvalue weighted by molar-refractivity contribution is 5.66. The number of fused-ring (bicyclic) bond motifs is 1. The number of carbonyl (C=O) groups excluding carboxylic acids is 1. The van der Waals surface area contributed by atoms with Crippen LogP contribution in [-0.2, 0) is 9.53 Å². The molecule has 0 aromatic carbocycles. The smallest absolute Gasteiger partial charge is 0.303 e. The van der Waals surface area contributed by atoms with E-state index in [-0.39, 0.29) is 30.0 Å². The van der Waals surface area contributed by atoms with Crippen molar-refractivity contribution in [2.24, 2.45) is 17.3 Å². The lowest BCUT2D eigenvalue weighted by Crippen LogP contribution is -2.53. The minimum Gasteiger partial charge on any atom is -0.460 e. The molecule has 6 nitrogen and oxygen atoms in total. The fourth-order valence-corrected chi connectivity index (χ4v) is 4.36. The number of hydrogen-bond donors (Lipinski definition) is 1. The summed E-state index contributed by atoms with van der Waals surface area (Å²) in [5, 5.41) is 20.3. The molecule has 0 saturated heterocycles. The third-order valence-corrected chi connectivity index (χ3v) is 4.67. The van der Waals surface area contributed by atoms with Gasteiger partial charge in [-0.05, 0) is 50.5 Å². The number of hydrogen-bond acceptors (Lipinski definition) is 5. The average molecular weight is 297 g/mol. The molecule has 6 heteroatoms. The van der Waals surface area contributed by atoms with E-state index < -0.39 is 11.0 Å². The van der Waals surface area contributed by atoms with E-state index in [0.29, 0.717) is 12.3 Å². The van der Waals surface area contributed by atoms with Crippen LogP contribution in [0.15, 0.2) is 11.6 Å². The Kier molecular flexibility index (Phi) is 4.10. The second-order valence-corrected chi connectivity index (χ2v) is 7.06. The van der Waals surface area contributed by atoms with Crippen molar-refractivity contribution in [3.63, 3.8) is 0 Å². The molecule has 21 heavy (non-hydrogen) atoms. The SMILES string of the molecule is CC(=O)OC(C)(C)C[C@]1(C[N+](=O)[O-])C[C@@H]2CC(CO)=C[C@@H]21. The number of rotatable bonds is 6. The number of esters is 1. The average Bonchev–Trinajstić information content (AvgIpc) is 2.63. The second kappa shape index (κ2) is 5.40. The summed E-state index contributed by atoms with van der Waals surface area (Å²) in [5.74, 6) is 0.130. The molecule has 0 radical (unpaired) electrons. The Hall–Kier alpha value is -1.43. The fourth-order valence-electron chi connectivity index (χ4n) is 4.36. The monoisotopic (exact) mass is 297 g/mol. The van der Waals surface area contributed by atoms with Gasteiger partial charge in [-0.1, -0.05) is 6.08 Å². The molecular formula is C15H23NO5. The van der Waals surface area contributed by atoms with Crippen LogP contribution in [0.4, 0.5) is 0 Å². The highest BCUT2D eigenvalue weighted by Gasteiger charge is 2.59. The van der Waals surface area contributed by atoms with Gasteiger partial charge in [0.1, 0.15) is 5.60 Å². The molecule has 2 rings (SSSR count). The molecule has 0 bridgehead atoms. The summed E-state index contributed by atoms with van der Waals surface area (Å²) in [7, 11) is 0. The zero-order valence-electron chi connectivity index (χ0n) is 12.8.